The highest BCUT2D eigenvalue weighted by Gasteiger charge is 2.07. The Bertz CT molecular complexity index is 93.8. The Morgan fingerprint density at radius 2 is 2.00 bits per heavy atom. The van der Waals surface area contributed by atoms with Crippen LogP contribution in [0.3, 0.4) is 0 Å². The molecule has 0 bridgehead atoms. The summed E-state index contributed by atoms with van der Waals surface area (Å²) in [5, 5.41) is 0. The summed E-state index contributed by atoms with van der Waals surface area (Å²) < 4.78 is 14.7. The van der Waals surface area contributed by atoms with Gasteiger partial charge in [0.05, 0.1) is 6.10 Å². The zero-order valence-electron chi connectivity index (χ0n) is 6.92. The summed E-state index contributed by atoms with van der Waals surface area (Å²) >= 11 is 0. The molecule has 1 saturated heterocycles. The second kappa shape index (κ2) is 5.86. The lowest BCUT2D eigenvalue weighted by atomic mass is 10.3. The van der Waals surface area contributed by atoms with Crippen molar-refractivity contribution in [2.24, 2.45) is 0 Å². The fourth-order valence-corrected chi connectivity index (χ4v) is 0.739. The van der Waals surface area contributed by atoms with Gasteiger partial charge in [-0.05, 0) is 19.8 Å². The first-order valence-corrected chi connectivity index (χ1v) is 5.46. The molecule has 1 aliphatic rings. The van der Waals surface area contributed by atoms with Crippen LogP contribution in [0, 0.1) is 0 Å². The van der Waals surface area contributed by atoms with E-state index in [-0.39, 0.29) is 0 Å². The van der Waals surface area contributed by atoms with Crippen molar-refractivity contribution in [3.05, 3.63) is 0 Å². The summed E-state index contributed by atoms with van der Waals surface area (Å²) in [6, 6.07) is 0. The molecule has 0 aromatic heterocycles. The van der Waals surface area contributed by atoms with Crippen molar-refractivity contribution in [3.8, 4) is 0 Å². The third-order valence-corrected chi connectivity index (χ3v) is 1.16. The number of rotatable bonds is 0. The van der Waals surface area contributed by atoms with Gasteiger partial charge in [0.1, 0.15) is 0 Å². The maximum atomic E-state index is 9.56. The van der Waals surface area contributed by atoms with Gasteiger partial charge in [0.2, 0.25) is 0 Å². The smallest absolute Gasteiger partial charge is 0.0547 e. The number of hydrogen-bond donors (Lipinski definition) is 0. The molecule has 0 amide bonds. The van der Waals surface area contributed by atoms with Crippen molar-refractivity contribution < 1.29 is 8.95 Å². The van der Waals surface area contributed by atoms with Gasteiger partial charge < -0.3 is 4.74 Å². The van der Waals surface area contributed by atoms with Crippen LogP contribution in [0.15, 0.2) is 0 Å². The summed E-state index contributed by atoms with van der Waals surface area (Å²) in [6.45, 7) is 3.11. The molecule has 0 aromatic rings. The second-order valence-electron chi connectivity index (χ2n) is 2.57. The summed E-state index contributed by atoms with van der Waals surface area (Å²) in [5.41, 5.74) is 0. The monoisotopic (exact) mass is 164 g/mol. The van der Waals surface area contributed by atoms with Crippen molar-refractivity contribution >= 4 is 10.8 Å². The van der Waals surface area contributed by atoms with Crippen LogP contribution >= 0.6 is 0 Å². The summed E-state index contributed by atoms with van der Waals surface area (Å²) in [4.78, 5) is 0. The van der Waals surface area contributed by atoms with E-state index in [9.17, 15) is 4.21 Å². The Morgan fingerprint density at radius 3 is 2.10 bits per heavy atom. The summed E-state index contributed by atoms with van der Waals surface area (Å²) in [7, 11) is -0.611. The second-order valence-corrected chi connectivity index (χ2v) is 4.05. The SMILES string of the molecule is CC1CCCO1.CS(C)=O. The quantitative estimate of drug-likeness (QED) is 0.537. The fraction of sp³-hybridized carbons (Fsp3) is 1.00. The Labute approximate surface area is 65.4 Å². The fourth-order valence-electron chi connectivity index (χ4n) is 0.739. The third-order valence-electron chi connectivity index (χ3n) is 1.16. The Morgan fingerprint density at radius 1 is 1.50 bits per heavy atom. The lowest BCUT2D eigenvalue weighted by molar-refractivity contribution is 0.125. The van der Waals surface area contributed by atoms with Gasteiger partial charge in [-0.2, -0.15) is 0 Å². The Kier molecular flexibility index (Phi) is 5.93. The normalized spacial score (nSPS) is 24.2. The van der Waals surface area contributed by atoms with Crippen LogP contribution in [0.2, 0.25) is 0 Å². The molecule has 1 unspecified atom stereocenters. The van der Waals surface area contributed by atoms with Crippen molar-refractivity contribution in [1.29, 1.82) is 0 Å². The molecule has 62 valence electrons. The van der Waals surface area contributed by atoms with E-state index in [4.69, 9.17) is 4.74 Å². The van der Waals surface area contributed by atoms with Crippen molar-refractivity contribution in [2.45, 2.75) is 25.9 Å². The van der Waals surface area contributed by atoms with E-state index >= 15 is 0 Å². The van der Waals surface area contributed by atoms with E-state index < -0.39 is 10.8 Å². The van der Waals surface area contributed by atoms with E-state index in [1.54, 1.807) is 12.5 Å². The Balaban J connectivity index is 0.000000180. The van der Waals surface area contributed by atoms with Crippen LogP contribution in [0.5, 0.6) is 0 Å². The first kappa shape index (κ1) is 10.1. The van der Waals surface area contributed by atoms with E-state index in [1.807, 2.05) is 0 Å². The molecule has 0 spiro atoms. The molecule has 1 heterocycles. The highest BCUT2D eigenvalue weighted by atomic mass is 32.2. The Hall–Kier alpha value is 0.110. The maximum Gasteiger partial charge on any atom is 0.0547 e. The van der Waals surface area contributed by atoms with Crippen molar-refractivity contribution in [3.63, 3.8) is 0 Å². The van der Waals surface area contributed by atoms with Gasteiger partial charge in [-0.3, -0.25) is 4.21 Å². The molecule has 1 fully saturated rings. The summed E-state index contributed by atoms with van der Waals surface area (Å²) in [6.07, 6.45) is 6.35. The van der Waals surface area contributed by atoms with Gasteiger partial charge in [0.15, 0.2) is 0 Å². The minimum Gasteiger partial charge on any atom is -0.379 e. The molecule has 0 aromatic carbocycles. The predicted octanol–water partition coefficient (Wildman–Crippen LogP) is 1.18. The third kappa shape index (κ3) is 8.11. The zero-order chi connectivity index (χ0) is 7.98. The minimum atomic E-state index is -0.611. The van der Waals surface area contributed by atoms with Gasteiger partial charge in [0.25, 0.3) is 0 Å². The highest BCUT2D eigenvalue weighted by Crippen LogP contribution is 2.09. The standard InChI is InChI=1S/C5H10O.C2H6OS/c1-5-3-2-4-6-5;1-4(2)3/h5H,2-4H2,1H3;1-2H3. The van der Waals surface area contributed by atoms with Crippen LogP contribution in [0.1, 0.15) is 19.8 Å². The van der Waals surface area contributed by atoms with E-state index in [1.165, 1.54) is 12.8 Å². The van der Waals surface area contributed by atoms with Crippen molar-refractivity contribution in [2.75, 3.05) is 19.1 Å². The minimum absolute atomic E-state index is 0.546. The van der Waals surface area contributed by atoms with Gasteiger partial charge in [-0.25, -0.2) is 0 Å². The van der Waals surface area contributed by atoms with Crippen molar-refractivity contribution in [1.82, 2.24) is 0 Å². The van der Waals surface area contributed by atoms with Gasteiger partial charge in [-0.1, -0.05) is 0 Å². The molecule has 3 heteroatoms. The highest BCUT2D eigenvalue weighted by molar-refractivity contribution is 7.83. The molecule has 10 heavy (non-hydrogen) atoms. The maximum absolute atomic E-state index is 9.56. The molecule has 0 radical (unpaired) electrons. The average molecular weight is 164 g/mol. The largest absolute Gasteiger partial charge is 0.379 e. The van der Waals surface area contributed by atoms with E-state index in [0.29, 0.717) is 6.10 Å². The molecular weight excluding hydrogens is 148 g/mol. The van der Waals surface area contributed by atoms with E-state index in [0.717, 1.165) is 6.61 Å². The molecule has 1 rings (SSSR count). The van der Waals surface area contributed by atoms with Crippen LogP contribution in [-0.2, 0) is 15.5 Å². The molecule has 2 nitrogen and oxygen atoms in total. The van der Waals surface area contributed by atoms with Crippen LogP contribution < -0.4 is 0 Å². The molecule has 1 atom stereocenters. The molecule has 0 N–H and O–H groups in total. The molecule has 1 aliphatic heterocycles. The molecule has 0 saturated carbocycles. The first-order chi connectivity index (χ1) is 4.63. The first-order valence-electron chi connectivity index (χ1n) is 3.49. The lowest BCUT2D eigenvalue weighted by Crippen LogP contribution is -1.94. The molecular formula is C7H16O2S. The van der Waals surface area contributed by atoms with Crippen LogP contribution in [0.4, 0.5) is 0 Å². The van der Waals surface area contributed by atoms with E-state index in [2.05, 4.69) is 6.92 Å². The summed E-state index contributed by atoms with van der Waals surface area (Å²) in [5.74, 6) is 0. The number of hydrogen-bond acceptors (Lipinski definition) is 2. The number of ether oxygens (including phenoxy) is 1. The topological polar surface area (TPSA) is 26.3 Å². The van der Waals surface area contributed by atoms with Gasteiger partial charge >= 0.3 is 0 Å². The average Bonchev–Trinajstić information content (AvgIpc) is 2.15. The van der Waals surface area contributed by atoms with Gasteiger partial charge in [-0.15, -0.1) is 0 Å². The van der Waals surface area contributed by atoms with Crippen LogP contribution in [-0.4, -0.2) is 29.4 Å². The van der Waals surface area contributed by atoms with Crippen LogP contribution in [0.25, 0.3) is 0 Å². The van der Waals surface area contributed by atoms with Gasteiger partial charge in [0, 0.05) is 29.9 Å². The lowest BCUT2D eigenvalue weighted by Gasteiger charge is -1.94. The molecule has 0 aliphatic carbocycles. The zero-order valence-corrected chi connectivity index (χ0v) is 7.74. The predicted molar refractivity (Wildman–Crippen MR) is 44.6 cm³/mol.